The number of rotatable bonds is 8. The highest BCUT2D eigenvalue weighted by atomic mass is 16.5. The van der Waals surface area contributed by atoms with Crippen molar-refractivity contribution in [1.29, 1.82) is 0 Å². The molecule has 0 radical (unpaired) electrons. The first-order valence-electron chi connectivity index (χ1n) is 8.57. The summed E-state index contributed by atoms with van der Waals surface area (Å²) in [7, 11) is 3.17. The Labute approximate surface area is 152 Å². The Morgan fingerprint density at radius 1 is 1.31 bits per heavy atom. The second-order valence-electron chi connectivity index (χ2n) is 5.95. The molecule has 2 aromatic rings. The minimum absolute atomic E-state index is 0.0901. The number of hydrogen-bond donors (Lipinski definition) is 0. The maximum atomic E-state index is 13.0. The molecule has 1 fully saturated rings. The van der Waals surface area contributed by atoms with Crippen molar-refractivity contribution in [2.45, 2.75) is 25.5 Å². The molecule has 1 amide bonds. The Balaban J connectivity index is 1.70. The highest BCUT2D eigenvalue weighted by Crippen LogP contribution is 2.33. The smallest absolute Gasteiger partial charge is 0.258 e. The minimum atomic E-state index is -0.205. The molecule has 1 unspecified atom stereocenters. The molecule has 2 heterocycles. The van der Waals surface area contributed by atoms with Crippen LogP contribution in [-0.2, 0) is 16.1 Å². The van der Waals surface area contributed by atoms with E-state index < -0.39 is 0 Å². The first-order valence-corrected chi connectivity index (χ1v) is 8.57. The lowest BCUT2D eigenvalue weighted by Crippen LogP contribution is -2.31. The van der Waals surface area contributed by atoms with Crippen LogP contribution < -0.4 is 4.74 Å². The summed E-state index contributed by atoms with van der Waals surface area (Å²) in [4.78, 5) is 19.1. The zero-order valence-corrected chi connectivity index (χ0v) is 15.0. The number of carbonyl (C=O) groups excluding carboxylic acids is 1. The van der Waals surface area contributed by atoms with E-state index in [9.17, 15) is 4.79 Å². The maximum absolute atomic E-state index is 13.0. The van der Waals surface area contributed by atoms with Crippen LogP contribution in [-0.4, -0.2) is 54.9 Å². The summed E-state index contributed by atoms with van der Waals surface area (Å²) in [6, 6.07) is 7.00. The predicted molar refractivity (Wildman–Crippen MR) is 91.8 cm³/mol. The fraction of sp³-hybridized carbons (Fsp3) is 0.500. The monoisotopic (exact) mass is 361 g/mol. The van der Waals surface area contributed by atoms with Gasteiger partial charge in [0.1, 0.15) is 12.4 Å². The van der Waals surface area contributed by atoms with Gasteiger partial charge in [-0.2, -0.15) is 4.98 Å². The molecule has 140 valence electrons. The van der Waals surface area contributed by atoms with E-state index in [1.54, 1.807) is 31.3 Å². The molecule has 0 N–H and O–H groups in total. The van der Waals surface area contributed by atoms with Gasteiger partial charge in [-0.15, -0.1) is 0 Å². The van der Waals surface area contributed by atoms with E-state index in [4.69, 9.17) is 18.7 Å². The normalized spacial score (nSPS) is 16.8. The van der Waals surface area contributed by atoms with Gasteiger partial charge in [-0.3, -0.25) is 4.79 Å². The van der Waals surface area contributed by atoms with Crippen LogP contribution in [0.3, 0.4) is 0 Å². The van der Waals surface area contributed by atoms with Crippen LogP contribution in [0.1, 0.15) is 41.0 Å². The molecular weight excluding hydrogens is 338 g/mol. The first-order chi connectivity index (χ1) is 12.7. The van der Waals surface area contributed by atoms with Crippen molar-refractivity contribution in [3.8, 4) is 5.75 Å². The maximum Gasteiger partial charge on any atom is 0.258 e. The van der Waals surface area contributed by atoms with Gasteiger partial charge in [-0.1, -0.05) is 17.3 Å². The molecule has 8 nitrogen and oxygen atoms in total. The molecule has 8 heteroatoms. The molecule has 1 aromatic heterocycles. The van der Waals surface area contributed by atoms with Gasteiger partial charge in [0.05, 0.1) is 31.9 Å². The predicted octanol–water partition coefficient (Wildman–Crippen LogP) is 2.22. The average Bonchev–Trinajstić information content (AvgIpc) is 3.33. The summed E-state index contributed by atoms with van der Waals surface area (Å²) < 4.78 is 20.9. The number of methoxy groups -OCH3 is 2. The third-order valence-corrected chi connectivity index (χ3v) is 4.29. The van der Waals surface area contributed by atoms with Crippen molar-refractivity contribution in [3.63, 3.8) is 0 Å². The van der Waals surface area contributed by atoms with Crippen LogP contribution in [0.2, 0.25) is 0 Å². The number of amides is 1. The first kappa shape index (κ1) is 18.3. The molecular formula is C18H23N3O5. The molecule has 0 bridgehead atoms. The van der Waals surface area contributed by atoms with Crippen LogP contribution in [0.4, 0.5) is 0 Å². The van der Waals surface area contributed by atoms with E-state index in [0.29, 0.717) is 42.8 Å². The highest BCUT2D eigenvalue weighted by molar-refractivity contribution is 5.97. The molecule has 0 saturated carbocycles. The van der Waals surface area contributed by atoms with Crippen LogP contribution >= 0.6 is 0 Å². The Bertz CT molecular complexity index is 733. The zero-order chi connectivity index (χ0) is 18.4. The molecule has 1 atom stereocenters. The van der Waals surface area contributed by atoms with E-state index in [2.05, 4.69) is 10.1 Å². The van der Waals surface area contributed by atoms with Crippen LogP contribution in [0.25, 0.3) is 0 Å². The molecule has 1 aliphatic rings. The molecule has 1 aromatic carbocycles. The molecule has 0 aliphatic carbocycles. The Hall–Kier alpha value is -2.45. The van der Waals surface area contributed by atoms with Gasteiger partial charge in [0.15, 0.2) is 5.82 Å². The number of likely N-dealkylation sites (tertiary alicyclic amines) is 1. The molecule has 0 spiro atoms. The minimum Gasteiger partial charge on any atom is -0.496 e. The zero-order valence-electron chi connectivity index (χ0n) is 15.0. The summed E-state index contributed by atoms with van der Waals surface area (Å²) in [6.45, 7) is 1.83. The third-order valence-electron chi connectivity index (χ3n) is 4.29. The van der Waals surface area contributed by atoms with E-state index >= 15 is 0 Å². The van der Waals surface area contributed by atoms with Crippen molar-refractivity contribution in [2.75, 3.05) is 34.0 Å². The van der Waals surface area contributed by atoms with Gasteiger partial charge in [0.25, 0.3) is 11.8 Å². The van der Waals surface area contributed by atoms with Crippen molar-refractivity contribution in [2.24, 2.45) is 0 Å². The Morgan fingerprint density at radius 3 is 2.96 bits per heavy atom. The van der Waals surface area contributed by atoms with E-state index in [-0.39, 0.29) is 18.6 Å². The Kier molecular flexibility index (Phi) is 6.19. The molecule has 1 aliphatic heterocycles. The van der Waals surface area contributed by atoms with Crippen LogP contribution in [0.15, 0.2) is 28.8 Å². The van der Waals surface area contributed by atoms with Gasteiger partial charge >= 0.3 is 0 Å². The topological polar surface area (TPSA) is 86.9 Å². The summed E-state index contributed by atoms with van der Waals surface area (Å²) in [6.07, 6.45) is 1.68. The summed E-state index contributed by atoms with van der Waals surface area (Å²) >= 11 is 0. The fourth-order valence-electron chi connectivity index (χ4n) is 3.02. The van der Waals surface area contributed by atoms with E-state index in [1.165, 1.54) is 0 Å². The SMILES string of the molecule is COCCOCc1nc(C2CCCN2C(=O)c2ccccc2OC)no1. The van der Waals surface area contributed by atoms with Crippen LogP contribution in [0.5, 0.6) is 5.75 Å². The van der Waals surface area contributed by atoms with Crippen LogP contribution in [0, 0.1) is 0 Å². The lowest BCUT2D eigenvalue weighted by molar-refractivity contribution is 0.0494. The number of nitrogens with zero attached hydrogens (tertiary/aromatic N) is 3. The van der Waals surface area contributed by atoms with Gasteiger partial charge in [-0.05, 0) is 25.0 Å². The van der Waals surface area contributed by atoms with Crippen molar-refractivity contribution >= 4 is 5.91 Å². The molecule has 26 heavy (non-hydrogen) atoms. The van der Waals surface area contributed by atoms with Gasteiger partial charge in [0, 0.05) is 13.7 Å². The second-order valence-corrected chi connectivity index (χ2v) is 5.95. The quantitative estimate of drug-likeness (QED) is 0.666. The van der Waals surface area contributed by atoms with Gasteiger partial charge in [-0.25, -0.2) is 0 Å². The summed E-state index contributed by atoms with van der Waals surface area (Å²) in [5.74, 6) is 1.37. The third kappa shape index (κ3) is 4.03. The summed E-state index contributed by atoms with van der Waals surface area (Å²) in [5.41, 5.74) is 0.536. The lowest BCUT2D eigenvalue weighted by Gasteiger charge is -2.23. The van der Waals surface area contributed by atoms with Crippen molar-refractivity contribution in [3.05, 3.63) is 41.5 Å². The van der Waals surface area contributed by atoms with Gasteiger partial charge in [0.2, 0.25) is 0 Å². The fourth-order valence-corrected chi connectivity index (χ4v) is 3.02. The average molecular weight is 361 g/mol. The number of carbonyl (C=O) groups is 1. The van der Waals surface area contributed by atoms with Crippen molar-refractivity contribution in [1.82, 2.24) is 15.0 Å². The lowest BCUT2D eigenvalue weighted by atomic mass is 10.1. The van der Waals surface area contributed by atoms with Crippen molar-refractivity contribution < 1.29 is 23.5 Å². The number of ether oxygens (including phenoxy) is 3. The Morgan fingerprint density at radius 2 is 2.15 bits per heavy atom. The number of hydrogen-bond acceptors (Lipinski definition) is 7. The highest BCUT2D eigenvalue weighted by Gasteiger charge is 2.34. The summed E-state index contributed by atoms with van der Waals surface area (Å²) in [5, 5.41) is 4.04. The van der Waals surface area contributed by atoms with E-state index in [0.717, 1.165) is 12.8 Å². The largest absolute Gasteiger partial charge is 0.496 e. The molecule has 1 saturated heterocycles. The van der Waals surface area contributed by atoms with Gasteiger partial charge < -0.3 is 23.6 Å². The number of aromatic nitrogens is 2. The number of para-hydroxylation sites is 1. The second kappa shape index (κ2) is 8.77. The number of benzene rings is 1. The standard InChI is InChI=1S/C18H23N3O5/c1-23-10-11-25-12-16-19-17(20-26-16)14-7-5-9-21(14)18(22)13-6-3-4-8-15(13)24-2/h3-4,6,8,14H,5,7,9-12H2,1-2H3. The molecule has 3 rings (SSSR count). The van der Waals surface area contributed by atoms with E-state index in [1.807, 2.05) is 12.1 Å².